The van der Waals surface area contributed by atoms with Crippen LogP contribution in [0.2, 0.25) is 5.02 Å². The van der Waals surface area contributed by atoms with Crippen molar-refractivity contribution < 1.29 is 18.7 Å². The summed E-state index contributed by atoms with van der Waals surface area (Å²) in [6.45, 7) is 3.89. The molecule has 0 unspecified atom stereocenters. The number of halogens is 2. The molecule has 0 fully saturated rings. The van der Waals surface area contributed by atoms with E-state index >= 15 is 0 Å². The summed E-state index contributed by atoms with van der Waals surface area (Å²) in [6, 6.07) is 7.49. The van der Waals surface area contributed by atoms with E-state index in [1.807, 2.05) is 6.92 Å². The second kappa shape index (κ2) is 7.33. The summed E-state index contributed by atoms with van der Waals surface area (Å²) in [5.74, 6) is -0.0595. The van der Waals surface area contributed by atoms with Gasteiger partial charge in [-0.2, -0.15) is 0 Å². The van der Waals surface area contributed by atoms with Gasteiger partial charge in [0.25, 0.3) is 5.91 Å². The molecule has 122 valence electrons. The number of benzene rings is 2. The summed E-state index contributed by atoms with van der Waals surface area (Å²) in [5.41, 5.74) is 1.16. The molecule has 4 nitrogen and oxygen atoms in total. The molecule has 0 spiro atoms. The standard InChI is InChI=1S/C17H17ClFNO3/c1-4-23-16-13(18)7-11(8-15(16)22-3)17(21)20-12-6-5-10(2)14(19)9-12/h5-9H,4H2,1-3H3,(H,20,21). The van der Waals surface area contributed by atoms with E-state index in [1.54, 1.807) is 19.1 Å². The van der Waals surface area contributed by atoms with Crippen LogP contribution in [0.25, 0.3) is 0 Å². The van der Waals surface area contributed by atoms with Crippen molar-refractivity contribution >= 4 is 23.2 Å². The molecule has 2 aromatic rings. The minimum Gasteiger partial charge on any atom is -0.493 e. The van der Waals surface area contributed by atoms with Gasteiger partial charge in [-0.3, -0.25) is 4.79 Å². The summed E-state index contributed by atoms with van der Waals surface area (Å²) in [5, 5.41) is 2.89. The molecule has 0 aromatic heterocycles. The summed E-state index contributed by atoms with van der Waals surface area (Å²) < 4.78 is 24.2. The first-order chi connectivity index (χ1) is 11.0. The number of hydrogen-bond acceptors (Lipinski definition) is 3. The lowest BCUT2D eigenvalue weighted by Crippen LogP contribution is -2.12. The van der Waals surface area contributed by atoms with Crippen molar-refractivity contribution in [3.63, 3.8) is 0 Å². The Balaban J connectivity index is 2.28. The highest BCUT2D eigenvalue weighted by atomic mass is 35.5. The van der Waals surface area contributed by atoms with Gasteiger partial charge >= 0.3 is 0 Å². The van der Waals surface area contributed by atoms with Crippen LogP contribution in [0, 0.1) is 12.7 Å². The molecule has 0 radical (unpaired) electrons. The monoisotopic (exact) mass is 337 g/mol. The Labute approximate surface area is 139 Å². The Hall–Kier alpha value is -2.27. The molecule has 0 aliphatic heterocycles. The minimum atomic E-state index is -0.420. The molecule has 0 aliphatic carbocycles. The van der Waals surface area contributed by atoms with Crippen LogP contribution in [0.3, 0.4) is 0 Å². The maximum Gasteiger partial charge on any atom is 0.255 e. The molecule has 2 aromatic carbocycles. The maximum absolute atomic E-state index is 13.5. The zero-order valence-electron chi connectivity index (χ0n) is 13.1. The lowest BCUT2D eigenvalue weighted by atomic mass is 10.1. The average Bonchev–Trinajstić information content (AvgIpc) is 2.52. The van der Waals surface area contributed by atoms with Gasteiger partial charge in [-0.15, -0.1) is 0 Å². The zero-order chi connectivity index (χ0) is 17.0. The molecule has 0 aliphatic rings. The van der Waals surface area contributed by atoms with Crippen LogP contribution in [-0.2, 0) is 0 Å². The third-order valence-corrected chi connectivity index (χ3v) is 3.49. The first-order valence-electron chi connectivity index (χ1n) is 7.04. The van der Waals surface area contributed by atoms with Gasteiger partial charge in [0.1, 0.15) is 5.82 Å². The molecule has 0 saturated carbocycles. The molecular weight excluding hydrogens is 321 g/mol. The largest absolute Gasteiger partial charge is 0.493 e. The number of carbonyl (C=O) groups is 1. The SMILES string of the molecule is CCOc1c(Cl)cc(C(=O)Nc2ccc(C)c(F)c2)cc1OC. The van der Waals surface area contributed by atoms with Crippen LogP contribution in [-0.4, -0.2) is 19.6 Å². The molecule has 0 heterocycles. The Morgan fingerprint density at radius 1 is 1.30 bits per heavy atom. The molecule has 2 rings (SSSR count). The van der Waals surface area contributed by atoms with E-state index in [4.69, 9.17) is 21.1 Å². The third kappa shape index (κ3) is 3.93. The van der Waals surface area contributed by atoms with Crippen LogP contribution in [0.1, 0.15) is 22.8 Å². The van der Waals surface area contributed by atoms with Gasteiger partial charge in [0.05, 0.1) is 18.7 Å². The van der Waals surface area contributed by atoms with Crippen LogP contribution in [0.4, 0.5) is 10.1 Å². The van der Waals surface area contributed by atoms with Gasteiger partial charge in [-0.05, 0) is 43.7 Å². The summed E-state index contributed by atoms with van der Waals surface area (Å²) in [7, 11) is 1.46. The number of carbonyl (C=O) groups excluding carboxylic acids is 1. The molecular formula is C17H17ClFNO3. The van der Waals surface area contributed by atoms with Gasteiger partial charge in [0, 0.05) is 11.3 Å². The average molecular weight is 338 g/mol. The van der Waals surface area contributed by atoms with Crippen molar-refractivity contribution in [1.29, 1.82) is 0 Å². The van der Waals surface area contributed by atoms with E-state index in [-0.39, 0.29) is 16.4 Å². The molecule has 6 heteroatoms. The van der Waals surface area contributed by atoms with Gasteiger partial charge in [-0.25, -0.2) is 4.39 Å². The Kier molecular flexibility index (Phi) is 5.45. The van der Waals surface area contributed by atoms with Crippen molar-refractivity contribution in [2.75, 3.05) is 19.0 Å². The first kappa shape index (κ1) is 17.1. The molecule has 1 amide bonds. The van der Waals surface area contributed by atoms with Crippen molar-refractivity contribution in [3.05, 3.63) is 52.3 Å². The van der Waals surface area contributed by atoms with Crippen molar-refractivity contribution in [1.82, 2.24) is 0 Å². The van der Waals surface area contributed by atoms with E-state index in [0.29, 0.717) is 29.4 Å². The summed E-state index contributed by atoms with van der Waals surface area (Å²) in [4.78, 5) is 12.3. The highest BCUT2D eigenvalue weighted by Gasteiger charge is 2.16. The lowest BCUT2D eigenvalue weighted by molar-refractivity contribution is 0.102. The van der Waals surface area contributed by atoms with Crippen LogP contribution < -0.4 is 14.8 Å². The fraction of sp³-hybridized carbons (Fsp3) is 0.235. The predicted octanol–water partition coefficient (Wildman–Crippen LogP) is 4.45. The smallest absolute Gasteiger partial charge is 0.255 e. The fourth-order valence-electron chi connectivity index (χ4n) is 2.01. The Bertz CT molecular complexity index is 734. The molecule has 23 heavy (non-hydrogen) atoms. The van der Waals surface area contributed by atoms with Crippen molar-refractivity contribution in [2.45, 2.75) is 13.8 Å². The number of ether oxygens (including phenoxy) is 2. The van der Waals surface area contributed by atoms with Crippen LogP contribution in [0.15, 0.2) is 30.3 Å². The number of hydrogen-bond donors (Lipinski definition) is 1. The van der Waals surface area contributed by atoms with E-state index in [9.17, 15) is 9.18 Å². The highest BCUT2D eigenvalue weighted by molar-refractivity contribution is 6.32. The van der Waals surface area contributed by atoms with E-state index in [1.165, 1.54) is 25.3 Å². The van der Waals surface area contributed by atoms with Gasteiger partial charge in [-0.1, -0.05) is 17.7 Å². The summed E-state index contributed by atoms with van der Waals surface area (Å²) in [6.07, 6.45) is 0. The van der Waals surface area contributed by atoms with E-state index in [0.717, 1.165) is 0 Å². The zero-order valence-corrected chi connectivity index (χ0v) is 13.8. The number of rotatable bonds is 5. The fourth-order valence-corrected chi connectivity index (χ4v) is 2.27. The minimum absolute atomic E-state index is 0.270. The van der Waals surface area contributed by atoms with Crippen LogP contribution in [0.5, 0.6) is 11.5 Å². The van der Waals surface area contributed by atoms with Crippen LogP contribution >= 0.6 is 11.6 Å². The Morgan fingerprint density at radius 2 is 2.04 bits per heavy atom. The number of nitrogens with one attached hydrogen (secondary N) is 1. The molecule has 1 N–H and O–H groups in total. The topological polar surface area (TPSA) is 47.6 Å². The third-order valence-electron chi connectivity index (χ3n) is 3.21. The quantitative estimate of drug-likeness (QED) is 0.877. The molecule has 0 saturated heterocycles. The second-order valence-corrected chi connectivity index (χ2v) is 5.25. The number of methoxy groups -OCH3 is 1. The second-order valence-electron chi connectivity index (χ2n) is 4.84. The normalized spacial score (nSPS) is 10.3. The van der Waals surface area contributed by atoms with Crippen molar-refractivity contribution in [3.8, 4) is 11.5 Å². The number of amides is 1. The molecule has 0 bridgehead atoms. The number of anilines is 1. The first-order valence-corrected chi connectivity index (χ1v) is 7.42. The van der Waals surface area contributed by atoms with Gasteiger partial charge in [0.2, 0.25) is 0 Å². The number of aryl methyl sites for hydroxylation is 1. The lowest BCUT2D eigenvalue weighted by Gasteiger charge is -2.13. The van der Waals surface area contributed by atoms with Crippen molar-refractivity contribution in [2.24, 2.45) is 0 Å². The maximum atomic E-state index is 13.5. The van der Waals surface area contributed by atoms with E-state index < -0.39 is 5.91 Å². The van der Waals surface area contributed by atoms with E-state index in [2.05, 4.69) is 5.32 Å². The highest BCUT2D eigenvalue weighted by Crippen LogP contribution is 2.36. The molecule has 0 atom stereocenters. The van der Waals surface area contributed by atoms with Gasteiger partial charge < -0.3 is 14.8 Å². The Morgan fingerprint density at radius 3 is 2.65 bits per heavy atom. The summed E-state index contributed by atoms with van der Waals surface area (Å²) >= 11 is 6.14. The van der Waals surface area contributed by atoms with Gasteiger partial charge in [0.15, 0.2) is 11.5 Å². The predicted molar refractivity (Wildman–Crippen MR) is 88.3 cm³/mol.